The van der Waals surface area contributed by atoms with Crippen molar-refractivity contribution < 1.29 is 4.79 Å². The van der Waals surface area contributed by atoms with Crippen molar-refractivity contribution in [3.05, 3.63) is 64.8 Å². The number of benzene rings is 2. The lowest BCUT2D eigenvalue weighted by Crippen LogP contribution is -2.05. The predicted molar refractivity (Wildman–Crippen MR) is 87.5 cm³/mol. The number of hydrogen-bond acceptors (Lipinski definition) is 2. The standard InChI is InChI=1S/C17H15ClN2O/c1-2-11-4-3-5-13(8-11)19-10-15-14-9-12(18)6-7-16(14)20-17(15)21/h3-10,19H,2H2,1H3,(H,20,21)/b15-10+. The van der Waals surface area contributed by atoms with Crippen LogP contribution in [0.4, 0.5) is 11.4 Å². The first-order valence-electron chi connectivity index (χ1n) is 6.84. The van der Waals surface area contributed by atoms with Crippen molar-refractivity contribution in [1.82, 2.24) is 0 Å². The maximum absolute atomic E-state index is 12.0. The topological polar surface area (TPSA) is 41.1 Å². The summed E-state index contributed by atoms with van der Waals surface area (Å²) in [5.74, 6) is -0.119. The van der Waals surface area contributed by atoms with Crippen LogP contribution < -0.4 is 10.6 Å². The fourth-order valence-corrected chi connectivity index (χ4v) is 2.51. The molecule has 1 amide bonds. The van der Waals surface area contributed by atoms with E-state index in [0.717, 1.165) is 23.4 Å². The van der Waals surface area contributed by atoms with Gasteiger partial charge in [-0.2, -0.15) is 0 Å². The Bertz CT molecular complexity index is 737. The number of amides is 1. The van der Waals surface area contributed by atoms with Crippen LogP contribution in [-0.2, 0) is 11.2 Å². The van der Waals surface area contributed by atoms with E-state index in [1.807, 2.05) is 18.2 Å². The molecule has 0 saturated carbocycles. The van der Waals surface area contributed by atoms with Crippen molar-refractivity contribution in [2.24, 2.45) is 0 Å². The smallest absolute Gasteiger partial charge is 0.257 e. The molecule has 2 aromatic carbocycles. The minimum atomic E-state index is -0.119. The zero-order chi connectivity index (χ0) is 14.8. The van der Waals surface area contributed by atoms with E-state index in [0.29, 0.717) is 10.6 Å². The molecule has 21 heavy (non-hydrogen) atoms. The highest BCUT2D eigenvalue weighted by Gasteiger charge is 2.24. The molecule has 0 unspecified atom stereocenters. The first-order valence-corrected chi connectivity index (χ1v) is 7.22. The second-order valence-electron chi connectivity index (χ2n) is 4.90. The molecule has 0 radical (unpaired) electrons. The van der Waals surface area contributed by atoms with E-state index >= 15 is 0 Å². The van der Waals surface area contributed by atoms with Gasteiger partial charge in [-0.3, -0.25) is 4.79 Å². The molecule has 1 aliphatic rings. The SMILES string of the molecule is CCc1cccc(N/C=C2/C(=O)Nc3ccc(Cl)cc32)c1. The van der Waals surface area contributed by atoms with E-state index in [1.54, 1.807) is 18.3 Å². The summed E-state index contributed by atoms with van der Waals surface area (Å²) in [7, 11) is 0. The molecule has 3 rings (SSSR count). The summed E-state index contributed by atoms with van der Waals surface area (Å²) in [5, 5.41) is 6.63. The Morgan fingerprint density at radius 3 is 2.90 bits per heavy atom. The fraction of sp³-hybridized carbons (Fsp3) is 0.118. The van der Waals surface area contributed by atoms with Gasteiger partial charge in [-0.1, -0.05) is 30.7 Å². The Kier molecular flexibility index (Phi) is 3.67. The zero-order valence-corrected chi connectivity index (χ0v) is 12.4. The molecular formula is C17H15ClN2O. The Morgan fingerprint density at radius 2 is 2.10 bits per heavy atom. The maximum atomic E-state index is 12.0. The van der Waals surface area contributed by atoms with E-state index in [9.17, 15) is 4.79 Å². The van der Waals surface area contributed by atoms with Gasteiger partial charge in [0.25, 0.3) is 5.91 Å². The van der Waals surface area contributed by atoms with Gasteiger partial charge < -0.3 is 10.6 Å². The number of carbonyl (C=O) groups excluding carboxylic acids is 1. The molecule has 0 atom stereocenters. The Labute approximate surface area is 128 Å². The Morgan fingerprint density at radius 1 is 1.24 bits per heavy atom. The van der Waals surface area contributed by atoms with E-state index in [-0.39, 0.29) is 5.91 Å². The molecule has 0 fully saturated rings. The summed E-state index contributed by atoms with van der Waals surface area (Å²) in [5.41, 5.74) is 4.42. The number of carbonyl (C=O) groups is 1. The van der Waals surface area contributed by atoms with Crippen molar-refractivity contribution in [2.75, 3.05) is 10.6 Å². The molecule has 2 aromatic rings. The molecule has 0 aliphatic carbocycles. The van der Waals surface area contributed by atoms with Gasteiger partial charge in [0.15, 0.2) is 0 Å². The zero-order valence-electron chi connectivity index (χ0n) is 11.6. The van der Waals surface area contributed by atoms with Gasteiger partial charge in [-0.15, -0.1) is 0 Å². The lowest BCUT2D eigenvalue weighted by Gasteiger charge is -2.04. The van der Waals surface area contributed by atoms with Gasteiger partial charge in [-0.05, 0) is 42.3 Å². The quantitative estimate of drug-likeness (QED) is 0.829. The van der Waals surface area contributed by atoms with Crippen molar-refractivity contribution in [1.29, 1.82) is 0 Å². The molecule has 0 spiro atoms. The second-order valence-corrected chi connectivity index (χ2v) is 5.34. The summed E-state index contributed by atoms with van der Waals surface area (Å²) in [6, 6.07) is 13.5. The van der Waals surface area contributed by atoms with Gasteiger partial charge in [-0.25, -0.2) is 0 Å². The number of fused-ring (bicyclic) bond motifs is 1. The highest BCUT2D eigenvalue weighted by Crippen LogP contribution is 2.33. The van der Waals surface area contributed by atoms with Crippen molar-refractivity contribution in [3.63, 3.8) is 0 Å². The molecular weight excluding hydrogens is 284 g/mol. The third kappa shape index (κ3) is 2.78. The summed E-state index contributed by atoms with van der Waals surface area (Å²) in [6.07, 6.45) is 2.71. The van der Waals surface area contributed by atoms with E-state index in [4.69, 9.17) is 11.6 Å². The number of nitrogens with one attached hydrogen (secondary N) is 2. The van der Waals surface area contributed by atoms with Crippen LogP contribution in [0.25, 0.3) is 5.57 Å². The molecule has 2 N–H and O–H groups in total. The number of rotatable bonds is 3. The maximum Gasteiger partial charge on any atom is 0.257 e. The normalized spacial score (nSPS) is 15.0. The van der Waals surface area contributed by atoms with Crippen molar-refractivity contribution in [2.45, 2.75) is 13.3 Å². The predicted octanol–water partition coefficient (Wildman–Crippen LogP) is 4.31. The van der Waals surface area contributed by atoms with Crippen LogP contribution in [0.5, 0.6) is 0 Å². The summed E-state index contributed by atoms with van der Waals surface area (Å²) in [6.45, 7) is 2.11. The average molecular weight is 299 g/mol. The fourth-order valence-electron chi connectivity index (χ4n) is 2.34. The molecule has 0 saturated heterocycles. The lowest BCUT2D eigenvalue weighted by atomic mass is 10.1. The first kappa shape index (κ1) is 13.7. The highest BCUT2D eigenvalue weighted by molar-refractivity contribution is 6.34. The van der Waals surface area contributed by atoms with Crippen LogP contribution in [0.15, 0.2) is 48.7 Å². The first-order chi connectivity index (χ1) is 10.2. The molecule has 1 aliphatic heterocycles. The van der Waals surface area contributed by atoms with Gasteiger partial charge in [0, 0.05) is 28.2 Å². The minimum Gasteiger partial charge on any atom is -0.361 e. The van der Waals surface area contributed by atoms with Crippen molar-refractivity contribution >= 4 is 34.5 Å². The highest BCUT2D eigenvalue weighted by atomic mass is 35.5. The summed E-state index contributed by atoms with van der Waals surface area (Å²) >= 11 is 6.01. The number of anilines is 2. The van der Waals surface area contributed by atoms with Crippen LogP contribution in [-0.4, -0.2) is 5.91 Å². The Balaban J connectivity index is 1.90. The van der Waals surface area contributed by atoms with Crippen LogP contribution in [0.2, 0.25) is 5.02 Å². The van der Waals surface area contributed by atoms with Crippen LogP contribution in [0.3, 0.4) is 0 Å². The Hall–Kier alpha value is -2.26. The van der Waals surface area contributed by atoms with E-state index in [2.05, 4.69) is 29.7 Å². The third-order valence-electron chi connectivity index (χ3n) is 3.48. The van der Waals surface area contributed by atoms with Crippen LogP contribution in [0, 0.1) is 0 Å². The average Bonchev–Trinajstić information content (AvgIpc) is 2.80. The minimum absolute atomic E-state index is 0.119. The van der Waals surface area contributed by atoms with Gasteiger partial charge in [0.2, 0.25) is 0 Å². The molecule has 1 heterocycles. The van der Waals surface area contributed by atoms with Gasteiger partial charge >= 0.3 is 0 Å². The largest absolute Gasteiger partial charge is 0.361 e. The monoisotopic (exact) mass is 298 g/mol. The number of hydrogen-bond donors (Lipinski definition) is 2. The van der Waals surface area contributed by atoms with Gasteiger partial charge in [0.05, 0.1) is 5.57 Å². The molecule has 0 aromatic heterocycles. The second kappa shape index (κ2) is 5.62. The van der Waals surface area contributed by atoms with Crippen molar-refractivity contribution in [3.8, 4) is 0 Å². The van der Waals surface area contributed by atoms with Gasteiger partial charge in [0.1, 0.15) is 0 Å². The van der Waals surface area contributed by atoms with E-state index < -0.39 is 0 Å². The van der Waals surface area contributed by atoms with Crippen LogP contribution >= 0.6 is 11.6 Å². The third-order valence-corrected chi connectivity index (χ3v) is 3.72. The number of halogens is 1. The molecule has 106 valence electrons. The lowest BCUT2D eigenvalue weighted by molar-refractivity contribution is -0.110. The summed E-state index contributed by atoms with van der Waals surface area (Å²) < 4.78 is 0. The molecule has 0 bridgehead atoms. The molecule has 3 nitrogen and oxygen atoms in total. The summed E-state index contributed by atoms with van der Waals surface area (Å²) in [4.78, 5) is 12.0. The van der Waals surface area contributed by atoms with Crippen LogP contribution in [0.1, 0.15) is 18.1 Å². The van der Waals surface area contributed by atoms with E-state index in [1.165, 1.54) is 5.56 Å². The number of aryl methyl sites for hydroxylation is 1. The molecule has 4 heteroatoms.